The van der Waals surface area contributed by atoms with E-state index in [4.69, 9.17) is 27.1 Å². The van der Waals surface area contributed by atoms with Crippen LogP contribution in [0.4, 0.5) is 0 Å². The van der Waals surface area contributed by atoms with Gasteiger partial charge in [0, 0.05) is 34.0 Å². The molecule has 0 heterocycles. The third-order valence-corrected chi connectivity index (χ3v) is 10.5. The fourth-order valence-corrected chi connectivity index (χ4v) is 6.75. The first-order valence-corrected chi connectivity index (χ1v) is 18.3. The Balaban J connectivity index is 3.55. The van der Waals surface area contributed by atoms with Crippen molar-refractivity contribution in [1.82, 2.24) is 0 Å². The van der Waals surface area contributed by atoms with Crippen LogP contribution in [-0.2, 0) is 31.6 Å². The predicted molar refractivity (Wildman–Crippen MR) is 154 cm³/mol. The molecule has 0 spiro atoms. The molecule has 0 aliphatic heterocycles. The molecule has 0 saturated heterocycles. The molecule has 2 N–H and O–H groups in total. The summed E-state index contributed by atoms with van der Waals surface area (Å²) >= 11 is 0. The number of unbranched alkanes of at least 4 members (excludes halogenated alkanes) is 15. The van der Waals surface area contributed by atoms with Crippen LogP contribution in [0, 0.1) is 0 Å². The molecular formula is C27H59O9PSi. The molecule has 38 heavy (non-hydrogen) atoms. The van der Waals surface area contributed by atoms with Crippen molar-refractivity contribution in [2.75, 3.05) is 47.8 Å². The zero-order valence-corrected chi connectivity index (χ0v) is 26.7. The monoisotopic (exact) mass is 586 g/mol. The zero-order chi connectivity index (χ0) is 28.4. The number of aliphatic hydroxyl groups is 1. The van der Waals surface area contributed by atoms with Gasteiger partial charge in [-0.2, -0.15) is 0 Å². The van der Waals surface area contributed by atoms with Crippen LogP contribution in [0.25, 0.3) is 0 Å². The first-order valence-electron chi connectivity index (χ1n) is 14.9. The third-order valence-electron chi connectivity index (χ3n) is 6.70. The van der Waals surface area contributed by atoms with Crippen molar-refractivity contribution in [2.45, 2.75) is 128 Å². The number of phosphoric ester groups is 1. The van der Waals surface area contributed by atoms with E-state index in [9.17, 15) is 14.6 Å². The van der Waals surface area contributed by atoms with Crippen molar-refractivity contribution >= 4 is 16.6 Å². The molecule has 9 nitrogen and oxygen atoms in total. The highest BCUT2D eigenvalue weighted by Crippen LogP contribution is 2.43. The minimum atomic E-state index is -4.18. The normalized spacial score (nSPS) is 14.6. The fraction of sp³-hybridized carbons (Fsp3) is 1.00. The van der Waals surface area contributed by atoms with E-state index in [-0.39, 0.29) is 19.8 Å². The van der Waals surface area contributed by atoms with Gasteiger partial charge in [-0.15, -0.1) is 0 Å². The summed E-state index contributed by atoms with van der Waals surface area (Å²) in [6, 6.07) is 0.585. The van der Waals surface area contributed by atoms with Gasteiger partial charge in [0.25, 0.3) is 0 Å². The summed E-state index contributed by atoms with van der Waals surface area (Å²) in [6.07, 6.45) is 19.9. The molecule has 0 amide bonds. The average Bonchev–Trinajstić information content (AvgIpc) is 2.91. The Morgan fingerprint density at radius 2 is 1.08 bits per heavy atom. The van der Waals surface area contributed by atoms with E-state index in [1.165, 1.54) is 83.5 Å². The maximum Gasteiger partial charge on any atom is 0.500 e. The van der Waals surface area contributed by atoms with E-state index in [1.54, 1.807) is 21.3 Å². The summed E-state index contributed by atoms with van der Waals surface area (Å²) in [6.45, 7) is 2.46. The number of aliphatic hydroxyl groups excluding tert-OH is 1. The Morgan fingerprint density at radius 1 is 0.632 bits per heavy atom. The second-order valence-electron chi connectivity index (χ2n) is 10.0. The van der Waals surface area contributed by atoms with Crippen LogP contribution < -0.4 is 0 Å². The minimum Gasteiger partial charge on any atom is -0.388 e. The van der Waals surface area contributed by atoms with Crippen molar-refractivity contribution in [3.8, 4) is 0 Å². The molecular weight excluding hydrogens is 527 g/mol. The molecule has 0 aromatic heterocycles. The van der Waals surface area contributed by atoms with E-state index in [2.05, 4.69) is 6.92 Å². The highest BCUT2D eigenvalue weighted by atomic mass is 31.2. The molecule has 0 aliphatic carbocycles. The molecule has 11 heteroatoms. The molecule has 0 saturated carbocycles. The Morgan fingerprint density at radius 3 is 1.53 bits per heavy atom. The quantitative estimate of drug-likeness (QED) is 0.0520. The van der Waals surface area contributed by atoms with Crippen molar-refractivity contribution in [3.05, 3.63) is 0 Å². The summed E-state index contributed by atoms with van der Waals surface area (Å²) in [7, 11) is -2.15. The molecule has 0 bridgehead atoms. The number of hydrogen-bond donors (Lipinski definition) is 2. The molecule has 0 aromatic carbocycles. The lowest BCUT2D eigenvalue weighted by atomic mass is 10.0. The van der Waals surface area contributed by atoms with E-state index in [1.807, 2.05) is 0 Å². The number of phosphoric acid groups is 1. The highest BCUT2D eigenvalue weighted by Gasteiger charge is 2.36. The summed E-state index contributed by atoms with van der Waals surface area (Å²) in [5.41, 5.74) is 0. The van der Waals surface area contributed by atoms with Crippen LogP contribution in [0.1, 0.15) is 116 Å². The van der Waals surface area contributed by atoms with Crippen molar-refractivity contribution in [2.24, 2.45) is 0 Å². The van der Waals surface area contributed by atoms with Gasteiger partial charge < -0.3 is 28.0 Å². The Labute approximate surface area is 234 Å². The zero-order valence-electron chi connectivity index (χ0n) is 24.8. The van der Waals surface area contributed by atoms with Gasteiger partial charge in [0.05, 0.1) is 19.8 Å². The van der Waals surface area contributed by atoms with Crippen LogP contribution in [0.3, 0.4) is 0 Å². The topological polar surface area (TPSA) is 113 Å². The molecule has 0 aromatic rings. The molecule has 2 unspecified atom stereocenters. The smallest absolute Gasteiger partial charge is 0.388 e. The SMILES string of the molecule is CCCCCCCCCCCCCCCCCCOP(=O)(O)OCC(O)COCCC[Si](OC)(OC)OC. The summed E-state index contributed by atoms with van der Waals surface area (Å²) in [5, 5.41) is 9.93. The van der Waals surface area contributed by atoms with Gasteiger partial charge in [0.2, 0.25) is 0 Å². The van der Waals surface area contributed by atoms with Crippen LogP contribution in [-0.4, -0.2) is 72.7 Å². The fourth-order valence-electron chi connectivity index (χ4n) is 4.26. The second kappa shape index (κ2) is 26.1. The van der Waals surface area contributed by atoms with Gasteiger partial charge in [-0.25, -0.2) is 4.57 Å². The first kappa shape index (κ1) is 38.1. The van der Waals surface area contributed by atoms with Gasteiger partial charge >= 0.3 is 16.6 Å². The molecule has 0 rings (SSSR count). The maximum atomic E-state index is 12.0. The number of ether oxygens (including phenoxy) is 1. The molecule has 0 fully saturated rings. The van der Waals surface area contributed by atoms with Crippen LogP contribution >= 0.6 is 7.82 Å². The maximum absolute atomic E-state index is 12.0. The Hall–Kier alpha value is 0.127. The summed E-state index contributed by atoms with van der Waals surface area (Å²) in [4.78, 5) is 9.79. The van der Waals surface area contributed by atoms with E-state index < -0.39 is 22.7 Å². The molecule has 0 radical (unpaired) electrons. The third kappa shape index (κ3) is 22.9. The number of hydrogen-bond acceptors (Lipinski definition) is 8. The minimum absolute atomic E-state index is 0.0133. The molecule has 0 aliphatic rings. The van der Waals surface area contributed by atoms with Gasteiger partial charge in [0.15, 0.2) is 0 Å². The van der Waals surface area contributed by atoms with Gasteiger partial charge in [-0.3, -0.25) is 9.05 Å². The van der Waals surface area contributed by atoms with E-state index in [0.29, 0.717) is 25.5 Å². The van der Waals surface area contributed by atoms with Crippen LogP contribution in [0.15, 0.2) is 0 Å². The van der Waals surface area contributed by atoms with Crippen molar-refractivity contribution in [1.29, 1.82) is 0 Å². The van der Waals surface area contributed by atoms with Gasteiger partial charge in [-0.05, 0) is 12.8 Å². The van der Waals surface area contributed by atoms with Gasteiger partial charge in [-0.1, -0.05) is 103 Å². The second-order valence-corrected chi connectivity index (χ2v) is 14.6. The van der Waals surface area contributed by atoms with Crippen LogP contribution in [0.5, 0.6) is 0 Å². The molecule has 230 valence electrons. The largest absolute Gasteiger partial charge is 0.500 e. The van der Waals surface area contributed by atoms with Crippen molar-refractivity contribution < 1.29 is 41.6 Å². The van der Waals surface area contributed by atoms with Gasteiger partial charge in [0.1, 0.15) is 6.10 Å². The lowest BCUT2D eigenvalue weighted by molar-refractivity contribution is 0.00218. The summed E-state index contributed by atoms with van der Waals surface area (Å²) in [5.74, 6) is 0. The lowest BCUT2D eigenvalue weighted by Crippen LogP contribution is -2.42. The average molecular weight is 587 g/mol. The molecule has 2 atom stereocenters. The Kier molecular flexibility index (Phi) is 26.1. The lowest BCUT2D eigenvalue weighted by Gasteiger charge is -2.24. The van der Waals surface area contributed by atoms with E-state index >= 15 is 0 Å². The highest BCUT2D eigenvalue weighted by molar-refractivity contribution is 7.47. The summed E-state index contributed by atoms with van der Waals surface area (Å²) < 4.78 is 43.3. The predicted octanol–water partition coefficient (Wildman–Crippen LogP) is 7.03. The van der Waals surface area contributed by atoms with Crippen molar-refractivity contribution in [3.63, 3.8) is 0 Å². The first-order chi connectivity index (χ1) is 18.3. The van der Waals surface area contributed by atoms with E-state index in [0.717, 1.165) is 12.8 Å². The number of rotatable bonds is 30. The van der Waals surface area contributed by atoms with Crippen LogP contribution in [0.2, 0.25) is 6.04 Å². The Bertz CT molecular complexity index is 544. The standard InChI is InChI=1S/C27H59O9PSi/c1-5-6-7-8-9-10-11-12-13-14-15-16-17-18-19-20-23-35-37(29,30)36-26-27(28)25-34-22-21-24-38(31-2,32-3)33-4/h27-28H,5-26H2,1-4H3,(H,29,30).